The van der Waals surface area contributed by atoms with E-state index in [0.717, 1.165) is 17.4 Å². The van der Waals surface area contributed by atoms with Crippen LogP contribution in [0, 0.1) is 0 Å². The summed E-state index contributed by atoms with van der Waals surface area (Å²) >= 11 is 0. The standard InChI is InChI=1S/C14H21N3O3S.ClH/c1-11-10-15-7-8-17(11)14(18)12-5-4-6-13(9-12)21(19,20)16(2)3;/h4-6,9,11,15H,7-8,10H2,1-3H3;1H/t11-;/m1./s1. The highest BCUT2D eigenvalue weighted by Gasteiger charge is 2.25. The van der Waals surface area contributed by atoms with E-state index in [1.807, 2.05) is 6.92 Å². The number of nitrogens with one attached hydrogen (secondary N) is 1. The summed E-state index contributed by atoms with van der Waals surface area (Å²) in [4.78, 5) is 14.5. The first-order valence-corrected chi connectivity index (χ1v) is 8.32. The summed E-state index contributed by atoms with van der Waals surface area (Å²) < 4.78 is 25.4. The van der Waals surface area contributed by atoms with Crippen LogP contribution in [-0.2, 0) is 10.0 Å². The van der Waals surface area contributed by atoms with Gasteiger partial charge in [-0.15, -0.1) is 12.4 Å². The molecule has 1 amide bonds. The maximum Gasteiger partial charge on any atom is 0.254 e. The number of hydrogen-bond acceptors (Lipinski definition) is 4. The fourth-order valence-electron chi connectivity index (χ4n) is 2.31. The van der Waals surface area contributed by atoms with E-state index in [1.54, 1.807) is 17.0 Å². The molecule has 1 fully saturated rings. The molecule has 0 aromatic heterocycles. The zero-order chi connectivity index (χ0) is 15.6. The number of nitrogens with zero attached hydrogens (tertiary/aromatic N) is 2. The quantitative estimate of drug-likeness (QED) is 0.877. The minimum atomic E-state index is -3.53. The summed E-state index contributed by atoms with van der Waals surface area (Å²) in [5.41, 5.74) is 0.409. The summed E-state index contributed by atoms with van der Waals surface area (Å²) in [7, 11) is -0.578. The maximum atomic E-state index is 12.5. The van der Waals surface area contributed by atoms with Crippen LogP contribution < -0.4 is 5.32 Å². The zero-order valence-corrected chi connectivity index (χ0v) is 14.6. The van der Waals surface area contributed by atoms with Crippen molar-refractivity contribution in [3.63, 3.8) is 0 Å². The van der Waals surface area contributed by atoms with E-state index in [4.69, 9.17) is 0 Å². The molecule has 1 aliphatic heterocycles. The van der Waals surface area contributed by atoms with Crippen LogP contribution in [-0.4, -0.2) is 63.3 Å². The van der Waals surface area contributed by atoms with Gasteiger partial charge >= 0.3 is 0 Å². The van der Waals surface area contributed by atoms with Gasteiger partial charge in [-0.2, -0.15) is 0 Å². The summed E-state index contributed by atoms with van der Waals surface area (Å²) in [6.07, 6.45) is 0. The van der Waals surface area contributed by atoms with Crippen molar-refractivity contribution in [1.29, 1.82) is 0 Å². The molecule has 124 valence electrons. The lowest BCUT2D eigenvalue weighted by molar-refractivity contribution is 0.0655. The predicted octanol–water partition coefficient (Wildman–Crippen LogP) is 0.793. The van der Waals surface area contributed by atoms with Crippen molar-refractivity contribution in [2.24, 2.45) is 0 Å². The molecular formula is C14H22ClN3O3S. The van der Waals surface area contributed by atoms with Gasteiger partial charge in [-0.3, -0.25) is 4.79 Å². The average Bonchev–Trinajstić information content (AvgIpc) is 2.47. The van der Waals surface area contributed by atoms with E-state index < -0.39 is 10.0 Å². The van der Waals surface area contributed by atoms with E-state index in [-0.39, 0.29) is 29.3 Å². The molecule has 2 rings (SSSR count). The van der Waals surface area contributed by atoms with E-state index in [0.29, 0.717) is 12.1 Å². The van der Waals surface area contributed by atoms with Gasteiger partial charge in [0, 0.05) is 45.3 Å². The van der Waals surface area contributed by atoms with Crippen LogP contribution in [0.4, 0.5) is 0 Å². The molecule has 8 heteroatoms. The van der Waals surface area contributed by atoms with E-state index >= 15 is 0 Å². The number of rotatable bonds is 3. The zero-order valence-electron chi connectivity index (χ0n) is 12.9. The predicted molar refractivity (Wildman–Crippen MR) is 87.9 cm³/mol. The molecule has 1 atom stereocenters. The lowest BCUT2D eigenvalue weighted by Crippen LogP contribution is -2.52. The summed E-state index contributed by atoms with van der Waals surface area (Å²) in [5, 5.41) is 3.22. The third kappa shape index (κ3) is 3.78. The highest BCUT2D eigenvalue weighted by Crippen LogP contribution is 2.17. The van der Waals surface area contributed by atoms with Crippen LogP contribution in [0.2, 0.25) is 0 Å². The fraction of sp³-hybridized carbons (Fsp3) is 0.500. The molecule has 0 bridgehead atoms. The first-order valence-electron chi connectivity index (χ1n) is 6.88. The van der Waals surface area contributed by atoms with Crippen LogP contribution in [0.25, 0.3) is 0 Å². The van der Waals surface area contributed by atoms with Crippen LogP contribution in [0.1, 0.15) is 17.3 Å². The molecule has 0 aliphatic carbocycles. The Morgan fingerprint density at radius 1 is 1.36 bits per heavy atom. The third-order valence-electron chi connectivity index (χ3n) is 3.62. The summed E-state index contributed by atoms with van der Waals surface area (Å²) in [5.74, 6) is -0.125. The molecule has 0 spiro atoms. The molecule has 1 aromatic rings. The number of carbonyl (C=O) groups excluding carboxylic acids is 1. The number of amides is 1. The summed E-state index contributed by atoms with van der Waals surface area (Å²) in [6, 6.07) is 6.32. The number of halogens is 1. The van der Waals surface area contributed by atoms with Crippen molar-refractivity contribution in [3.8, 4) is 0 Å². The van der Waals surface area contributed by atoms with Crippen molar-refractivity contribution in [3.05, 3.63) is 29.8 Å². The monoisotopic (exact) mass is 347 g/mol. The Hall–Kier alpha value is -1.15. The third-order valence-corrected chi connectivity index (χ3v) is 5.43. The molecule has 1 heterocycles. The summed E-state index contributed by atoms with van der Waals surface area (Å²) in [6.45, 7) is 4.11. The maximum absolute atomic E-state index is 12.5. The molecule has 1 aromatic carbocycles. The van der Waals surface area contributed by atoms with Gasteiger partial charge in [0.15, 0.2) is 0 Å². The van der Waals surface area contributed by atoms with Crippen molar-refractivity contribution in [2.45, 2.75) is 17.9 Å². The second-order valence-electron chi connectivity index (χ2n) is 5.37. The van der Waals surface area contributed by atoms with Crippen molar-refractivity contribution < 1.29 is 13.2 Å². The lowest BCUT2D eigenvalue weighted by atomic mass is 10.1. The van der Waals surface area contributed by atoms with E-state index in [2.05, 4.69) is 5.32 Å². The molecule has 1 saturated heterocycles. The van der Waals surface area contributed by atoms with Crippen molar-refractivity contribution in [1.82, 2.24) is 14.5 Å². The molecule has 22 heavy (non-hydrogen) atoms. The Kier molecular flexibility index (Phi) is 6.37. The van der Waals surface area contributed by atoms with Crippen LogP contribution in [0.15, 0.2) is 29.2 Å². The van der Waals surface area contributed by atoms with E-state index in [9.17, 15) is 13.2 Å². The highest BCUT2D eigenvalue weighted by atomic mass is 35.5. The normalized spacial score (nSPS) is 18.9. The van der Waals surface area contributed by atoms with Crippen molar-refractivity contribution in [2.75, 3.05) is 33.7 Å². The molecule has 0 unspecified atom stereocenters. The minimum Gasteiger partial charge on any atom is -0.333 e. The Bertz CT molecular complexity index is 634. The number of carbonyl (C=O) groups is 1. The van der Waals surface area contributed by atoms with Gasteiger partial charge in [-0.25, -0.2) is 12.7 Å². The molecule has 1 aliphatic rings. The minimum absolute atomic E-state index is 0. The lowest BCUT2D eigenvalue weighted by Gasteiger charge is -2.34. The SMILES string of the molecule is C[C@@H]1CNCCN1C(=O)c1cccc(S(=O)(=O)N(C)C)c1.Cl. The Labute approximate surface area is 137 Å². The smallest absolute Gasteiger partial charge is 0.254 e. The van der Waals surface area contributed by atoms with Gasteiger partial charge in [-0.1, -0.05) is 6.07 Å². The van der Waals surface area contributed by atoms with Gasteiger partial charge in [0.2, 0.25) is 10.0 Å². The number of sulfonamides is 1. The second kappa shape index (κ2) is 7.41. The van der Waals surface area contributed by atoms with Gasteiger partial charge in [0.05, 0.1) is 4.90 Å². The van der Waals surface area contributed by atoms with Gasteiger partial charge in [0.25, 0.3) is 5.91 Å². The molecular weight excluding hydrogens is 326 g/mol. The van der Waals surface area contributed by atoms with E-state index in [1.165, 1.54) is 26.2 Å². The number of benzene rings is 1. The molecule has 1 N–H and O–H groups in total. The number of piperazine rings is 1. The van der Waals surface area contributed by atoms with Crippen LogP contribution in [0.3, 0.4) is 0 Å². The second-order valence-corrected chi connectivity index (χ2v) is 7.52. The number of hydrogen-bond donors (Lipinski definition) is 1. The average molecular weight is 348 g/mol. The van der Waals surface area contributed by atoms with Crippen LogP contribution in [0.5, 0.6) is 0 Å². The topological polar surface area (TPSA) is 69.7 Å². The van der Waals surface area contributed by atoms with Gasteiger partial charge < -0.3 is 10.2 Å². The van der Waals surface area contributed by atoms with Gasteiger partial charge in [0.1, 0.15) is 0 Å². The van der Waals surface area contributed by atoms with Gasteiger partial charge in [-0.05, 0) is 25.1 Å². The Morgan fingerprint density at radius 2 is 2.05 bits per heavy atom. The molecule has 0 saturated carbocycles. The first-order chi connectivity index (χ1) is 9.84. The first kappa shape index (κ1) is 18.9. The fourth-order valence-corrected chi connectivity index (χ4v) is 3.26. The highest BCUT2D eigenvalue weighted by molar-refractivity contribution is 7.89. The van der Waals surface area contributed by atoms with Crippen LogP contribution >= 0.6 is 12.4 Å². The largest absolute Gasteiger partial charge is 0.333 e. The Balaban J connectivity index is 0.00000242. The molecule has 0 radical (unpaired) electrons. The van der Waals surface area contributed by atoms with Crippen molar-refractivity contribution >= 4 is 28.3 Å². The Morgan fingerprint density at radius 3 is 2.64 bits per heavy atom. The molecule has 6 nitrogen and oxygen atoms in total.